The molecule has 1 atom stereocenters. The minimum Gasteiger partial charge on any atom is -0.360 e. The molecular weight excluding hydrogens is 254 g/mol. The molecule has 3 N–H and O–H groups in total. The van der Waals surface area contributed by atoms with E-state index in [1.165, 1.54) is 5.56 Å². The van der Waals surface area contributed by atoms with Crippen molar-refractivity contribution >= 4 is 28.1 Å². The second-order valence-electron chi connectivity index (χ2n) is 3.81. The number of nitrogens with two attached hydrogens (primary N) is 1. The van der Waals surface area contributed by atoms with Crippen LogP contribution in [-0.4, -0.2) is 17.6 Å². The SMILES string of the molecule is N[C@H](CNc1nccs1)Cc1ccc(Cl)cc1. The Morgan fingerprint density at radius 3 is 2.76 bits per heavy atom. The Labute approximate surface area is 110 Å². The maximum atomic E-state index is 6.04. The van der Waals surface area contributed by atoms with Gasteiger partial charge in [-0.15, -0.1) is 11.3 Å². The second-order valence-corrected chi connectivity index (χ2v) is 5.14. The molecule has 0 unspecified atom stereocenters. The number of rotatable bonds is 5. The zero-order chi connectivity index (χ0) is 12.1. The number of nitrogens with one attached hydrogen (secondary N) is 1. The van der Waals surface area contributed by atoms with Gasteiger partial charge in [0.05, 0.1) is 0 Å². The van der Waals surface area contributed by atoms with E-state index < -0.39 is 0 Å². The number of aromatic nitrogens is 1. The lowest BCUT2D eigenvalue weighted by atomic mass is 10.1. The highest BCUT2D eigenvalue weighted by molar-refractivity contribution is 7.13. The molecule has 17 heavy (non-hydrogen) atoms. The number of halogens is 1. The fraction of sp³-hybridized carbons (Fsp3) is 0.250. The molecule has 0 spiro atoms. The van der Waals surface area contributed by atoms with Gasteiger partial charge in [0, 0.05) is 29.2 Å². The number of anilines is 1. The molecule has 0 aliphatic heterocycles. The molecule has 0 fully saturated rings. The van der Waals surface area contributed by atoms with Crippen molar-refractivity contribution < 1.29 is 0 Å². The molecule has 1 aromatic carbocycles. The number of thiazole rings is 1. The van der Waals surface area contributed by atoms with Gasteiger partial charge in [-0.25, -0.2) is 4.98 Å². The summed E-state index contributed by atoms with van der Waals surface area (Å²) in [4.78, 5) is 4.14. The van der Waals surface area contributed by atoms with Crippen LogP contribution >= 0.6 is 22.9 Å². The van der Waals surface area contributed by atoms with Crippen LogP contribution in [0.4, 0.5) is 5.13 Å². The van der Waals surface area contributed by atoms with Crippen LogP contribution in [0.3, 0.4) is 0 Å². The molecule has 0 amide bonds. The summed E-state index contributed by atoms with van der Waals surface area (Å²) in [5.74, 6) is 0. The molecule has 90 valence electrons. The van der Waals surface area contributed by atoms with E-state index in [0.29, 0.717) is 0 Å². The van der Waals surface area contributed by atoms with Crippen molar-refractivity contribution in [2.45, 2.75) is 12.5 Å². The van der Waals surface area contributed by atoms with Gasteiger partial charge in [-0.05, 0) is 24.1 Å². The van der Waals surface area contributed by atoms with Crippen molar-refractivity contribution in [3.05, 3.63) is 46.4 Å². The maximum absolute atomic E-state index is 6.04. The van der Waals surface area contributed by atoms with E-state index in [9.17, 15) is 0 Å². The molecular formula is C12H14ClN3S. The van der Waals surface area contributed by atoms with Crippen molar-refractivity contribution in [2.75, 3.05) is 11.9 Å². The third-order valence-corrected chi connectivity index (χ3v) is 3.34. The van der Waals surface area contributed by atoms with E-state index in [-0.39, 0.29) is 6.04 Å². The highest BCUT2D eigenvalue weighted by Gasteiger charge is 2.04. The van der Waals surface area contributed by atoms with Crippen LogP contribution in [0, 0.1) is 0 Å². The van der Waals surface area contributed by atoms with Gasteiger partial charge in [0.25, 0.3) is 0 Å². The van der Waals surface area contributed by atoms with Crippen LogP contribution in [0.15, 0.2) is 35.8 Å². The predicted molar refractivity (Wildman–Crippen MR) is 73.7 cm³/mol. The van der Waals surface area contributed by atoms with E-state index in [1.807, 2.05) is 29.6 Å². The smallest absolute Gasteiger partial charge is 0.182 e. The van der Waals surface area contributed by atoms with Gasteiger partial charge < -0.3 is 11.1 Å². The topological polar surface area (TPSA) is 50.9 Å². The first-order chi connectivity index (χ1) is 8.24. The lowest BCUT2D eigenvalue weighted by Crippen LogP contribution is -2.31. The molecule has 3 nitrogen and oxygen atoms in total. The molecule has 0 saturated heterocycles. The first-order valence-electron chi connectivity index (χ1n) is 5.37. The Balaban J connectivity index is 1.80. The molecule has 2 aromatic rings. The molecule has 1 aromatic heterocycles. The van der Waals surface area contributed by atoms with Crippen LogP contribution in [-0.2, 0) is 6.42 Å². The van der Waals surface area contributed by atoms with Crippen LogP contribution in [0.1, 0.15) is 5.56 Å². The quantitative estimate of drug-likeness (QED) is 0.876. The van der Waals surface area contributed by atoms with Gasteiger partial charge >= 0.3 is 0 Å². The Bertz CT molecular complexity index is 441. The predicted octanol–water partition coefficient (Wildman–Crippen LogP) is 2.78. The van der Waals surface area contributed by atoms with Crippen LogP contribution < -0.4 is 11.1 Å². The van der Waals surface area contributed by atoms with Crippen molar-refractivity contribution in [1.82, 2.24) is 4.98 Å². The van der Waals surface area contributed by atoms with Gasteiger partial charge in [-0.3, -0.25) is 0 Å². The first-order valence-corrected chi connectivity index (χ1v) is 6.63. The molecule has 1 heterocycles. The van der Waals surface area contributed by atoms with E-state index in [2.05, 4.69) is 10.3 Å². The van der Waals surface area contributed by atoms with E-state index in [4.69, 9.17) is 17.3 Å². The number of benzene rings is 1. The lowest BCUT2D eigenvalue weighted by Gasteiger charge is -2.12. The third-order valence-electron chi connectivity index (χ3n) is 2.36. The summed E-state index contributed by atoms with van der Waals surface area (Å²) in [7, 11) is 0. The van der Waals surface area contributed by atoms with Gasteiger partial charge in [0.15, 0.2) is 5.13 Å². The Morgan fingerprint density at radius 1 is 1.35 bits per heavy atom. The number of hydrogen-bond donors (Lipinski definition) is 2. The fourth-order valence-corrected chi connectivity index (χ4v) is 2.19. The van der Waals surface area contributed by atoms with Crippen LogP contribution in [0.25, 0.3) is 0 Å². The zero-order valence-electron chi connectivity index (χ0n) is 9.27. The minimum atomic E-state index is 0.0695. The Morgan fingerprint density at radius 2 is 2.12 bits per heavy atom. The van der Waals surface area contributed by atoms with Crippen LogP contribution in [0.2, 0.25) is 5.02 Å². The van der Waals surface area contributed by atoms with E-state index >= 15 is 0 Å². The molecule has 0 aliphatic carbocycles. The zero-order valence-corrected chi connectivity index (χ0v) is 10.8. The van der Waals surface area contributed by atoms with Crippen molar-refractivity contribution in [3.8, 4) is 0 Å². The second kappa shape index (κ2) is 6.00. The number of hydrogen-bond acceptors (Lipinski definition) is 4. The summed E-state index contributed by atoms with van der Waals surface area (Å²) in [5.41, 5.74) is 7.24. The molecule has 2 rings (SSSR count). The van der Waals surface area contributed by atoms with Gasteiger partial charge in [0.2, 0.25) is 0 Å². The lowest BCUT2D eigenvalue weighted by molar-refractivity contribution is 0.699. The summed E-state index contributed by atoms with van der Waals surface area (Å²) >= 11 is 7.40. The van der Waals surface area contributed by atoms with E-state index in [1.54, 1.807) is 17.5 Å². The summed E-state index contributed by atoms with van der Waals surface area (Å²) in [6.45, 7) is 0.718. The fourth-order valence-electron chi connectivity index (χ4n) is 1.52. The van der Waals surface area contributed by atoms with Gasteiger partial charge in [0.1, 0.15) is 0 Å². The average Bonchev–Trinajstić information content (AvgIpc) is 2.83. The summed E-state index contributed by atoms with van der Waals surface area (Å²) in [6.07, 6.45) is 2.60. The monoisotopic (exact) mass is 267 g/mol. The molecule has 5 heteroatoms. The molecule has 0 saturated carbocycles. The van der Waals surface area contributed by atoms with E-state index in [0.717, 1.165) is 23.1 Å². The van der Waals surface area contributed by atoms with Crippen molar-refractivity contribution in [3.63, 3.8) is 0 Å². The highest BCUT2D eigenvalue weighted by Crippen LogP contribution is 2.12. The normalized spacial score (nSPS) is 12.4. The summed E-state index contributed by atoms with van der Waals surface area (Å²) < 4.78 is 0. The van der Waals surface area contributed by atoms with Gasteiger partial charge in [-0.1, -0.05) is 23.7 Å². The third kappa shape index (κ3) is 4.00. The molecule has 0 bridgehead atoms. The minimum absolute atomic E-state index is 0.0695. The van der Waals surface area contributed by atoms with Crippen molar-refractivity contribution in [1.29, 1.82) is 0 Å². The Kier molecular flexibility index (Phi) is 4.36. The van der Waals surface area contributed by atoms with Gasteiger partial charge in [-0.2, -0.15) is 0 Å². The van der Waals surface area contributed by atoms with Crippen LogP contribution in [0.5, 0.6) is 0 Å². The average molecular weight is 268 g/mol. The standard InChI is InChI=1S/C12H14ClN3S/c13-10-3-1-9(2-4-10)7-11(14)8-16-12-15-5-6-17-12/h1-6,11H,7-8,14H2,(H,15,16)/t11-/m0/s1. The van der Waals surface area contributed by atoms with Crippen molar-refractivity contribution in [2.24, 2.45) is 5.73 Å². The first kappa shape index (κ1) is 12.4. The largest absolute Gasteiger partial charge is 0.360 e. The summed E-state index contributed by atoms with van der Waals surface area (Å²) in [6, 6.07) is 7.85. The Hall–Kier alpha value is -1.10. The maximum Gasteiger partial charge on any atom is 0.182 e. The molecule has 0 radical (unpaired) electrons. The highest BCUT2D eigenvalue weighted by atomic mass is 35.5. The molecule has 0 aliphatic rings. The summed E-state index contributed by atoms with van der Waals surface area (Å²) in [5, 5.41) is 6.82. The number of nitrogens with zero attached hydrogens (tertiary/aromatic N) is 1.